The van der Waals surface area contributed by atoms with Crippen LogP contribution < -0.4 is 0 Å². The van der Waals surface area contributed by atoms with Crippen LogP contribution in [0.3, 0.4) is 0 Å². The summed E-state index contributed by atoms with van der Waals surface area (Å²) in [4.78, 5) is 0. The molecule has 0 aliphatic heterocycles. The van der Waals surface area contributed by atoms with Gasteiger partial charge in [-0.25, -0.2) is 5.26 Å². The number of ether oxygens (including phenoxy) is 1. The first-order valence-electron chi connectivity index (χ1n) is 5.27. The van der Waals surface area contributed by atoms with Gasteiger partial charge in [-0.2, -0.15) is 0 Å². The molecule has 1 atom stereocenters. The Hall–Kier alpha value is -0.525. The number of aliphatic hydroxyl groups is 1. The van der Waals surface area contributed by atoms with E-state index in [1.54, 1.807) is 0 Å². The van der Waals surface area contributed by atoms with Crippen LogP contribution in [-0.2, 0) is 4.74 Å². The Kier molecular flexibility index (Phi) is 6.60. The monoisotopic (exact) mass is 197 g/mol. The Balaban J connectivity index is 3.93. The number of nitriles is 1. The molecule has 80 valence electrons. The van der Waals surface area contributed by atoms with Crippen molar-refractivity contribution in [3.63, 3.8) is 0 Å². The lowest BCUT2D eigenvalue weighted by molar-refractivity contribution is -0.0481. The molecule has 1 unspecified atom stereocenters. The molecule has 0 aliphatic carbocycles. The highest BCUT2D eigenvalue weighted by Gasteiger charge is 2.25. The maximum Gasteiger partial charge on any atom is 0.264 e. The molecule has 1 N–H and O–H groups in total. The fraction of sp³-hybridized carbons (Fsp3) is 0.900. The van der Waals surface area contributed by atoms with Crippen LogP contribution in [-0.4, -0.2) is 30.6 Å². The predicted molar refractivity (Wildman–Crippen MR) is 58.4 cm³/mol. The normalized spacial score (nSPS) is 14.5. The second-order valence-electron chi connectivity index (χ2n) is 3.78. The topological polar surface area (TPSA) is 53.2 Å². The van der Waals surface area contributed by atoms with Gasteiger partial charge in [0.2, 0.25) is 0 Å². The zero-order valence-electron chi connectivity index (χ0n) is 9.42. The van der Waals surface area contributed by atoms with Crippen LogP contribution in [0.1, 0.15) is 26.7 Å². The summed E-state index contributed by atoms with van der Waals surface area (Å²) in [6.07, 6.45) is 2.04. The molecule has 0 saturated heterocycles. The molecule has 0 fully saturated rings. The van der Waals surface area contributed by atoms with Gasteiger partial charge in [-0.3, -0.25) is 0 Å². The summed E-state index contributed by atoms with van der Waals surface area (Å²) in [6, 6.07) is 0. The first-order valence-corrected chi connectivity index (χ1v) is 5.27. The fourth-order valence-corrected chi connectivity index (χ4v) is 1.19. The molecule has 0 rings (SSSR count). The molecular formula is C10H20BNO2. The van der Waals surface area contributed by atoms with E-state index in [0.717, 1.165) is 6.32 Å². The van der Waals surface area contributed by atoms with Gasteiger partial charge in [0.1, 0.15) is 0 Å². The quantitative estimate of drug-likeness (QED) is 0.632. The van der Waals surface area contributed by atoms with Crippen molar-refractivity contribution in [1.82, 2.24) is 0 Å². The van der Waals surface area contributed by atoms with Gasteiger partial charge >= 0.3 is 0 Å². The number of hydrogen-bond acceptors (Lipinski definition) is 3. The molecule has 3 nitrogen and oxygen atoms in total. The fourth-order valence-electron chi connectivity index (χ4n) is 1.19. The average molecular weight is 197 g/mol. The van der Waals surface area contributed by atoms with Crippen LogP contribution in [0.2, 0.25) is 13.1 Å². The molecule has 14 heavy (non-hydrogen) atoms. The van der Waals surface area contributed by atoms with Crippen LogP contribution in [0.25, 0.3) is 0 Å². The zero-order chi connectivity index (χ0) is 11.0. The van der Waals surface area contributed by atoms with E-state index in [-0.39, 0.29) is 6.71 Å². The Bertz CT molecular complexity index is 193. The molecule has 4 heteroatoms. The highest BCUT2D eigenvalue weighted by Crippen LogP contribution is 2.19. The SMILES string of the molecule is CCOCC(O)(CC)CCB(C)C#N. The maximum atomic E-state index is 10.1. The van der Waals surface area contributed by atoms with E-state index in [2.05, 4.69) is 5.97 Å². The van der Waals surface area contributed by atoms with Crippen molar-refractivity contribution in [3.05, 3.63) is 0 Å². The lowest BCUT2D eigenvalue weighted by Gasteiger charge is -2.26. The van der Waals surface area contributed by atoms with Crippen LogP contribution in [0.5, 0.6) is 0 Å². The molecule has 0 aromatic heterocycles. The molecule has 0 heterocycles. The molecule has 0 aromatic rings. The Labute approximate surface area is 87.1 Å². The van der Waals surface area contributed by atoms with Crippen molar-refractivity contribution in [2.75, 3.05) is 13.2 Å². The smallest absolute Gasteiger partial charge is 0.264 e. The summed E-state index contributed by atoms with van der Waals surface area (Å²) in [7, 11) is 0. The van der Waals surface area contributed by atoms with Crippen molar-refractivity contribution in [2.45, 2.75) is 45.4 Å². The van der Waals surface area contributed by atoms with Crippen LogP contribution in [0.15, 0.2) is 0 Å². The molecule has 0 spiro atoms. The third-order valence-electron chi connectivity index (χ3n) is 2.50. The highest BCUT2D eigenvalue weighted by molar-refractivity contribution is 6.65. The van der Waals surface area contributed by atoms with Gasteiger partial charge < -0.3 is 9.84 Å². The minimum atomic E-state index is -0.749. The first-order chi connectivity index (χ1) is 6.58. The minimum absolute atomic E-state index is 0.00898. The number of rotatable bonds is 7. The summed E-state index contributed by atoms with van der Waals surface area (Å²) < 4.78 is 5.22. The van der Waals surface area contributed by atoms with E-state index in [9.17, 15) is 5.11 Å². The van der Waals surface area contributed by atoms with Crippen molar-refractivity contribution >= 4 is 6.71 Å². The number of hydrogen-bond donors (Lipinski definition) is 1. The summed E-state index contributed by atoms with van der Waals surface area (Å²) >= 11 is 0. The standard InChI is InChI=1S/C10H20BNO2/c1-4-10(13,8-14-5-2)6-7-11(3)9-12/h13H,4-8H2,1-3H3. The van der Waals surface area contributed by atoms with Crippen LogP contribution in [0, 0.1) is 11.2 Å². The van der Waals surface area contributed by atoms with Crippen molar-refractivity contribution < 1.29 is 9.84 Å². The minimum Gasteiger partial charge on any atom is -0.388 e. The molecule has 0 aromatic carbocycles. The van der Waals surface area contributed by atoms with Crippen molar-refractivity contribution in [1.29, 1.82) is 5.26 Å². The summed E-state index contributed by atoms with van der Waals surface area (Å²) in [5.74, 6) is 2.17. The second-order valence-corrected chi connectivity index (χ2v) is 3.78. The predicted octanol–water partition coefficient (Wildman–Crippen LogP) is 1.74. The average Bonchev–Trinajstić information content (AvgIpc) is 2.23. The van der Waals surface area contributed by atoms with Gasteiger partial charge in [0.15, 0.2) is 0 Å². The van der Waals surface area contributed by atoms with Crippen LogP contribution in [0.4, 0.5) is 0 Å². The lowest BCUT2D eigenvalue weighted by Crippen LogP contribution is -2.34. The largest absolute Gasteiger partial charge is 0.388 e. The summed E-state index contributed by atoms with van der Waals surface area (Å²) in [6.45, 7) is 6.73. The van der Waals surface area contributed by atoms with E-state index in [0.29, 0.717) is 26.1 Å². The van der Waals surface area contributed by atoms with Gasteiger partial charge in [-0.05, 0) is 19.8 Å². The Morgan fingerprint density at radius 1 is 1.50 bits per heavy atom. The third kappa shape index (κ3) is 5.26. The third-order valence-corrected chi connectivity index (χ3v) is 2.50. The Morgan fingerprint density at radius 3 is 2.57 bits per heavy atom. The molecular weight excluding hydrogens is 177 g/mol. The second kappa shape index (κ2) is 6.86. The van der Waals surface area contributed by atoms with Gasteiger partial charge in [0, 0.05) is 12.6 Å². The van der Waals surface area contributed by atoms with E-state index in [1.165, 1.54) is 0 Å². The van der Waals surface area contributed by atoms with Gasteiger partial charge in [-0.1, -0.05) is 20.1 Å². The van der Waals surface area contributed by atoms with E-state index >= 15 is 0 Å². The maximum absolute atomic E-state index is 10.1. The van der Waals surface area contributed by atoms with Crippen LogP contribution >= 0.6 is 0 Å². The lowest BCUT2D eigenvalue weighted by atomic mass is 9.50. The van der Waals surface area contributed by atoms with Gasteiger partial charge in [0.05, 0.1) is 12.2 Å². The number of nitrogens with zero attached hydrogens (tertiary/aromatic N) is 1. The molecule has 0 radical (unpaired) electrons. The zero-order valence-corrected chi connectivity index (χ0v) is 9.42. The van der Waals surface area contributed by atoms with E-state index in [1.807, 2.05) is 20.7 Å². The van der Waals surface area contributed by atoms with Gasteiger partial charge in [0.25, 0.3) is 6.71 Å². The highest BCUT2D eigenvalue weighted by atomic mass is 16.5. The summed E-state index contributed by atoms with van der Waals surface area (Å²) in [5.41, 5.74) is -0.749. The van der Waals surface area contributed by atoms with Gasteiger partial charge in [-0.15, -0.1) is 0 Å². The molecule has 0 saturated carbocycles. The van der Waals surface area contributed by atoms with E-state index in [4.69, 9.17) is 10.00 Å². The van der Waals surface area contributed by atoms with Crippen molar-refractivity contribution in [2.24, 2.45) is 0 Å². The first kappa shape index (κ1) is 13.5. The van der Waals surface area contributed by atoms with E-state index < -0.39 is 5.60 Å². The Morgan fingerprint density at radius 2 is 2.14 bits per heavy atom. The molecule has 0 amide bonds. The molecule has 0 bridgehead atoms. The van der Waals surface area contributed by atoms with Crippen molar-refractivity contribution in [3.8, 4) is 5.97 Å². The molecule has 0 aliphatic rings. The summed E-state index contributed by atoms with van der Waals surface area (Å²) in [5, 5.41) is 18.7.